The number of benzene rings is 1. The molecule has 4 heteroatoms. The average Bonchev–Trinajstić information content (AvgIpc) is 2.87. The number of nitrogens with zero attached hydrogens (tertiary/aromatic N) is 2. The fourth-order valence-electron chi connectivity index (χ4n) is 2.12. The number of rotatable bonds is 6. The molecule has 1 heterocycles. The van der Waals surface area contributed by atoms with Crippen molar-refractivity contribution in [2.24, 2.45) is 5.73 Å². The highest BCUT2D eigenvalue weighted by Crippen LogP contribution is 2.12. The molecule has 2 aromatic rings. The zero-order chi connectivity index (χ0) is 13.7. The Balaban J connectivity index is 1.93. The van der Waals surface area contributed by atoms with Gasteiger partial charge in [0.1, 0.15) is 11.9 Å². The minimum atomic E-state index is -0.339. The van der Waals surface area contributed by atoms with Crippen molar-refractivity contribution in [3.05, 3.63) is 54.1 Å². The van der Waals surface area contributed by atoms with Crippen LogP contribution in [-0.4, -0.2) is 15.5 Å². The van der Waals surface area contributed by atoms with E-state index in [1.807, 2.05) is 29.0 Å². The van der Waals surface area contributed by atoms with Crippen LogP contribution in [0.2, 0.25) is 0 Å². The fourth-order valence-corrected chi connectivity index (χ4v) is 2.12. The van der Waals surface area contributed by atoms with E-state index in [2.05, 4.69) is 17.1 Å². The van der Waals surface area contributed by atoms with Crippen LogP contribution in [0.5, 0.6) is 0 Å². The summed E-state index contributed by atoms with van der Waals surface area (Å²) in [4.78, 5) is 15.5. The van der Waals surface area contributed by atoms with Crippen molar-refractivity contribution in [1.82, 2.24) is 9.55 Å². The third-order valence-electron chi connectivity index (χ3n) is 3.29. The molecule has 2 rings (SSSR count). The van der Waals surface area contributed by atoms with E-state index in [1.54, 1.807) is 13.1 Å². The molecule has 0 aliphatic heterocycles. The standard InChI is InChI=1S/C15H19N3O/c1-12(15(16)19)18-11-10-17-14(18)9-5-8-13-6-3-2-4-7-13/h2-4,6-7,10-12H,5,8-9H2,1H3,(H2,16,19). The Kier molecular flexibility index (Phi) is 4.34. The predicted molar refractivity (Wildman–Crippen MR) is 74.6 cm³/mol. The SMILES string of the molecule is CC(C(N)=O)n1ccnc1CCCc1ccccc1. The van der Waals surface area contributed by atoms with Crippen LogP contribution in [0.3, 0.4) is 0 Å². The van der Waals surface area contributed by atoms with E-state index in [-0.39, 0.29) is 11.9 Å². The maximum Gasteiger partial charge on any atom is 0.240 e. The number of hydrogen-bond donors (Lipinski definition) is 1. The Morgan fingerprint density at radius 3 is 2.74 bits per heavy atom. The van der Waals surface area contributed by atoms with Gasteiger partial charge in [0, 0.05) is 18.8 Å². The Bertz CT molecular complexity index is 533. The maximum atomic E-state index is 11.2. The summed E-state index contributed by atoms with van der Waals surface area (Å²) < 4.78 is 1.85. The molecule has 0 saturated heterocycles. The lowest BCUT2D eigenvalue weighted by Gasteiger charge is -2.12. The highest BCUT2D eigenvalue weighted by Gasteiger charge is 2.14. The third-order valence-corrected chi connectivity index (χ3v) is 3.29. The quantitative estimate of drug-likeness (QED) is 0.861. The summed E-state index contributed by atoms with van der Waals surface area (Å²) in [6.45, 7) is 1.80. The number of hydrogen-bond acceptors (Lipinski definition) is 2. The number of imidazole rings is 1. The van der Waals surface area contributed by atoms with Crippen molar-refractivity contribution in [2.75, 3.05) is 0 Å². The second-order valence-electron chi connectivity index (χ2n) is 4.67. The van der Waals surface area contributed by atoms with Crippen LogP contribution in [0, 0.1) is 0 Å². The molecular formula is C15H19N3O. The number of aromatic nitrogens is 2. The van der Waals surface area contributed by atoms with E-state index >= 15 is 0 Å². The van der Waals surface area contributed by atoms with Crippen LogP contribution in [0.1, 0.15) is 30.8 Å². The molecule has 1 aromatic carbocycles. The summed E-state index contributed by atoms with van der Waals surface area (Å²) in [5.41, 5.74) is 6.65. The summed E-state index contributed by atoms with van der Waals surface area (Å²) in [7, 11) is 0. The molecule has 4 nitrogen and oxygen atoms in total. The first-order valence-electron chi connectivity index (χ1n) is 6.53. The number of carbonyl (C=O) groups excluding carboxylic acids is 1. The minimum Gasteiger partial charge on any atom is -0.368 e. The van der Waals surface area contributed by atoms with Gasteiger partial charge in [0.05, 0.1) is 0 Å². The molecule has 0 aliphatic carbocycles. The molecule has 0 saturated carbocycles. The topological polar surface area (TPSA) is 60.9 Å². The van der Waals surface area contributed by atoms with Gasteiger partial charge in [-0.1, -0.05) is 30.3 Å². The molecule has 0 fully saturated rings. The first-order valence-corrected chi connectivity index (χ1v) is 6.53. The molecule has 1 amide bonds. The van der Waals surface area contributed by atoms with Gasteiger partial charge in [-0.3, -0.25) is 4.79 Å². The van der Waals surface area contributed by atoms with Gasteiger partial charge in [-0.2, -0.15) is 0 Å². The summed E-state index contributed by atoms with van der Waals surface area (Å²) in [6, 6.07) is 10.0. The zero-order valence-electron chi connectivity index (χ0n) is 11.1. The van der Waals surface area contributed by atoms with Crippen molar-refractivity contribution in [1.29, 1.82) is 0 Å². The van der Waals surface area contributed by atoms with Gasteiger partial charge < -0.3 is 10.3 Å². The minimum absolute atomic E-state index is 0.331. The number of aryl methyl sites for hydroxylation is 2. The smallest absolute Gasteiger partial charge is 0.240 e. The Hall–Kier alpha value is -2.10. The van der Waals surface area contributed by atoms with Gasteiger partial charge in [-0.25, -0.2) is 4.98 Å². The maximum absolute atomic E-state index is 11.2. The fraction of sp³-hybridized carbons (Fsp3) is 0.333. The van der Waals surface area contributed by atoms with E-state index in [4.69, 9.17) is 5.73 Å². The van der Waals surface area contributed by atoms with E-state index in [1.165, 1.54) is 5.56 Å². The molecule has 2 N–H and O–H groups in total. The number of primary amides is 1. The van der Waals surface area contributed by atoms with Gasteiger partial charge in [0.2, 0.25) is 5.91 Å². The van der Waals surface area contributed by atoms with Crippen molar-refractivity contribution < 1.29 is 4.79 Å². The van der Waals surface area contributed by atoms with Crippen LogP contribution in [0.15, 0.2) is 42.7 Å². The molecule has 1 atom stereocenters. The summed E-state index contributed by atoms with van der Waals surface area (Å²) >= 11 is 0. The average molecular weight is 257 g/mol. The normalized spacial score (nSPS) is 12.3. The summed E-state index contributed by atoms with van der Waals surface area (Å²) in [6.07, 6.45) is 6.40. The van der Waals surface area contributed by atoms with Crippen molar-refractivity contribution in [2.45, 2.75) is 32.2 Å². The molecule has 0 bridgehead atoms. The van der Waals surface area contributed by atoms with Gasteiger partial charge in [-0.05, 0) is 25.3 Å². The lowest BCUT2D eigenvalue weighted by atomic mass is 10.1. The van der Waals surface area contributed by atoms with Crippen LogP contribution in [0.4, 0.5) is 0 Å². The largest absolute Gasteiger partial charge is 0.368 e. The molecule has 0 aliphatic rings. The third kappa shape index (κ3) is 3.44. The molecule has 1 aromatic heterocycles. The highest BCUT2D eigenvalue weighted by molar-refractivity contribution is 5.77. The van der Waals surface area contributed by atoms with Crippen LogP contribution < -0.4 is 5.73 Å². The van der Waals surface area contributed by atoms with E-state index in [0.29, 0.717) is 0 Å². The van der Waals surface area contributed by atoms with Gasteiger partial charge in [0.15, 0.2) is 0 Å². The molecule has 100 valence electrons. The number of nitrogens with two attached hydrogens (primary N) is 1. The number of amides is 1. The van der Waals surface area contributed by atoms with Crippen molar-refractivity contribution in [3.63, 3.8) is 0 Å². The van der Waals surface area contributed by atoms with E-state index in [9.17, 15) is 4.79 Å². The lowest BCUT2D eigenvalue weighted by Crippen LogP contribution is -2.24. The second-order valence-corrected chi connectivity index (χ2v) is 4.67. The highest BCUT2D eigenvalue weighted by atomic mass is 16.1. The monoisotopic (exact) mass is 257 g/mol. The van der Waals surface area contributed by atoms with Crippen molar-refractivity contribution in [3.8, 4) is 0 Å². The lowest BCUT2D eigenvalue weighted by molar-refractivity contribution is -0.120. The predicted octanol–water partition coefficient (Wildman–Crippen LogP) is 2.10. The Morgan fingerprint density at radius 2 is 2.05 bits per heavy atom. The molecular weight excluding hydrogens is 238 g/mol. The van der Waals surface area contributed by atoms with Crippen LogP contribution in [0.25, 0.3) is 0 Å². The van der Waals surface area contributed by atoms with E-state index in [0.717, 1.165) is 25.1 Å². The summed E-state index contributed by atoms with van der Waals surface area (Å²) in [5.74, 6) is 0.588. The Morgan fingerprint density at radius 1 is 1.32 bits per heavy atom. The molecule has 0 spiro atoms. The first kappa shape index (κ1) is 13.3. The molecule has 0 radical (unpaired) electrons. The molecule has 1 unspecified atom stereocenters. The van der Waals surface area contributed by atoms with Crippen molar-refractivity contribution >= 4 is 5.91 Å². The van der Waals surface area contributed by atoms with Gasteiger partial charge in [-0.15, -0.1) is 0 Å². The first-order chi connectivity index (χ1) is 9.18. The van der Waals surface area contributed by atoms with Crippen LogP contribution >= 0.6 is 0 Å². The van der Waals surface area contributed by atoms with Gasteiger partial charge >= 0.3 is 0 Å². The second kappa shape index (κ2) is 6.18. The molecule has 19 heavy (non-hydrogen) atoms. The van der Waals surface area contributed by atoms with E-state index < -0.39 is 0 Å². The number of carbonyl (C=O) groups is 1. The summed E-state index contributed by atoms with van der Waals surface area (Å²) in [5, 5.41) is 0. The zero-order valence-corrected chi connectivity index (χ0v) is 11.1. The Labute approximate surface area is 113 Å². The van der Waals surface area contributed by atoms with Crippen LogP contribution in [-0.2, 0) is 17.6 Å². The van der Waals surface area contributed by atoms with Gasteiger partial charge in [0.25, 0.3) is 0 Å².